The number of anilines is 1. The Morgan fingerprint density at radius 3 is 2.42 bits per heavy atom. The molecule has 1 aliphatic rings. The highest BCUT2D eigenvalue weighted by Crippen LogP contribution is 2.35. The molecule has 3 aromatic carbocycles. The molecule has 0 radical (unpaired) electrons. The first-order valence-electron chi connectivity index (χ1n) is 12.3. The van der Waals surface area contributed by atoms with Crippen LogP contribution in [0.15, 0.2) is 72.8 Å². The van der Waals surface area contributed by atoms with Gasteiger partial charge in [-0.2, -0.15) is 0 Å². The molecule has 198 valence electrons. The van der Waals surface area contributed by atoms with Crippen molar-refractivity contribution in [1.29, 1.82) is 0 Å². The molecule has 1 saturated heterocycles. The summed E-state index contributed by atoms with van der Waals surface area (Å²) in [6, 6.07) is 18.9. The van der Waals surface area contributed by atoms with Crippen molar-refractivity contribution in [2.45, 2.75) is 25.6 Å². The lowest BCUT2D eigenvalue weighted by Crippen LogP contribution is -2.47. The quantitative estimate of drug-likeness (QED) is 0.445. The molecule has 0 spiro atoms. The molecule has 8 nitrogen and oxygen atoms in total. The van der Waals surface area contributed by atoms with E-state index in [0.29, 0.717) is 35.5 Å². The first-order valence-corrected chi connectivity index (χ1v) is 12.3. The summed E-state index contributed by atoms with van der Waals surface area (Å²) >= 11 is 0. The van der Waals surface area contributed by atoms with Gasteiger partial charge in [0.05, 0.1) is 6.54 Å². The summed E-state index contributed by atoms with van der Waals surface area (Å²) in [5.41, 5.74) is 3.29. The Morgan fingerprint density at radius 1 is 1.03 bits per heavy atom. The van der Waals surface area contributed by atoms with E-state index in [4.69, 9.17) is 4.74 Å². The smallest absolute Gasteiger partial charge is 0.411 e. The molecule has 0 saturated carbocycles. The van der Waals surface area contributed by atoms with Crippen LogP contribution in [0.1, 0.15) is 33.2 Å². The van der Waals surface area contributed by atoms with Crippen LogP contribution in [0.25, 0.3) is 0 Å². The van der Waals surface area contributed by atoms with Crippen molar-refractivity contribution in [2.24, 2.45) is 0 Å². The fraction of sp³-hybridized carbons (Fsp3) is 0.276. The van der Waals surface area contributed by atoms with Crippen LogP contribution in [0.3, 0.4) is 0 Å². The predicted molar refractivity (Wildman–Crippen MR) is 142 cm³/mol. The molecule has 0 aliphatic carbocycles. The number of rotatable bonds is 9. The van der Waals surface area contributed by atoms with E-state index in [2.05, 4.69) is 10.6 Å². The van der Waals surface area contributed by atoms with E-state index < -0.39 is 24.1 Å². The SMILES string of the molecule is Cc1ccc(C(=O)Nc2cccc([C@H]3OC(=O)N(Cc4ccc(F)cc4)[C@@H]3C(=O)NCCN(C)C)c2)cc1. The molecule has 0 aromatic heterocycles. The summed E-state index contributed by atoms with van der Waals surface area (Å²) in [6.07, 6.45) is -1.56. The maximum absolute atomic E-state index is 13.4. The first kappa shape index (κ1) is 26.8. The summed E-state index contributed by atoms with van der Waals surface area (Å²) in [6.45, 7) is 3.03. The van der Waals surface area contributed by atoms with Crippen molar-refractivity contribution in [2.75, 3.05) is 32.5 Å². The van der Waals surface area contributed by atoms with Gasteiger partial charge < -0.3 is 20.3 Å². The number of benzene rings is 3. The van der Waals surface area contributed by atoms with Crippen LogP contribution in [0.2, 0.25) is 0 Å². The van der Waals surface area contributed by atoms with E-state index in [1.807, 2.05) is 38.1 Å². The van der Waals surface area contributed by atoms with Gasteiger partial charge in [0.25, 0.3) is 5.91 Å². The van der Waals surface area contributed by atoms with E-state index in [-0.39, 0.29) is 18.4 Å². The molecule has 3 aromatic rings. The van der Waals surface area contributed by atoms with Gasteiger partial charge in [-0.15, -0.1) is 0 Å². The van der Waals surface area contributed by atoms with Crippen LogP contribution < -0.4 is 10.6 Å². The lowest BCUT2D eigenvalue weighted by atomic mass is 10.00. The van der Waals surface area contributed by atoms with Gasteiger partial charge in [-0.25, -0.2) is 9.18 Å². The molecular weight excluding hydrogens is 487 g/mol. The number of hydrogen-bond acceptors (Lipinski definition) is 5. The van der Waals surface area contributed by atoms with Gasteiger partial charge in [0, 0.05) is 24.3 Å². The number of carbonyl (C=O) groups excluding carboxylic acids is 3. The zero-order valence-corrected chi connectivity index (χ0v) is 21.6. The van der Waals surface area contributed by atoms with Gasteiger partial charge >= 0.3 is 6.09 Å². The number of hydrogen-bond donors (Lipinski definition) is 2. The third-order valence-electron chi connectivity index (χ3n) is 6.26. The van der Waals surface area contributed by atoms with Gasteiger partial charge in [-0.05, 0) is 68.5 Å². The Labute approximate surface area is 221 Å². The Kier molecular flexibility index (Phi) is 8.38. The largest absolute Gasteiger partial charge is 0.438 e. The highest BCUT2D eigenvalue weighted by atomic mass is 19.1. The number of amides is 3. The zero-order valence-electron chi connectivity index (χ0n) is 21.6. The molecule has 4 rings (SSSR count). The van der Waals surface area contributed by atoms with Crippen LogP contribution in [0, 0.1) is 12.7 Å². The number of nitrogens with zero attached hydrogens (tertiary/aromatic N) is 2. The van der Waals surface area contributed by atoms with Crippen molar-refractivity contribution < 1.29 is 23.5 Å². The van der Waals surface area contributed by atoms with Crippen molar-refractivity contribution in [3.63, 3.8) is 0 Å². The molecule has 3 amide bonds. The normalized spacial score (nSPS) is 16.9. The van der Waals surface area contributed by atoms with Gasteiger partial charge in [0.2, 0.25) is 5.91 Å². The molecular formula is C29H31FN4O4. The minimum absolute atomic E-state index is 0.0746. The van der Waals surface area contributed by atoms with Crippen LogP contribution in [-0.4, -0.2) is 60.9 Å². The van der Waals surface area contributed by atoms with Gasteiger partial charge in [0.15, 0.2) is 12.1 Å². The third kappa shape index (κ3) is 6.54. The monoisotopic (exact) mass is 518 g/mol. The van der Waals surface area contributed by atoms with E-state index in [9.17, 15) is 18.8 Å². The van der Waals surface area contributed by atoms with Crippen molar-refractivity contribution >= 4 is 23.6 Å². The second kappa shape index (κ2) is 11.9. The van der Waals surface area contributed by atoms with Crippen molar-refractivity contribution in [3.8, 4) is 0 Å². The fourth-order valence-electron chi connectivity index (χ4n) is 4.21. The Balaban J connectivity index is 1.58. The lowest BCUT2D eigenvalue weighted by molar-refractivity contribution is -0.126. The van der Waals surface area contributed by atoms with E-state index in [0.717, 1.165) is 5.56 Å². The maximum Gasteiger partial charge on any atom is 0.411 e. The minimum Gasteiger partial charge on any atom is -0.438 e. The average Bonchev–Trinajstić information content (AvgIpc) is 3.21. The summed E-state index contributed by atoms with van der Waals surface area (Å²) in [7, 11) is 3.79. The fourth-order valence-corrected chi connectivity index (χ4v) is 4.21. The summed E-state index contributed by atoms with van der Waals surface area (Å²) in [5.74, 6) is -1.03. The second-order valence-electron chi connectivity index (χ2n) is 9.54. The highest BCUT2D eigenvalue weighted by Gasteiger charge is 2.47. The summed E-state index contributed by atoms with van der Waals surface area (Å²) < 4.78 is 19.1. The number of aryl methyl sites for hydroxylation is 1. The predicted octanol–water partition coefficient (Wildman–Crippen LogP) is 4.13. The number of ether oxygens (including phenoxy) is 1. The van der Waals surface area contributed by atoms with E-state index in [1.54, 1.807) is 48.5 Å². The molecule has 38 heavy (non-hydrogen) atoms. The number of nitrogens with one attached hydrogen (secondary N) is 2. The molecule has 2 atom stereocenters. The highest BCUT2D eigenvalue weighted by molar-refractivity contribution is 6.04. The minimum atomic E-state index is -0.960. The topological polar surface area (TPSA) is 91.0 Å². The summed E-state index contributed by atoms with van der Waals surface area (Å²) in [5, 5.41) is 5.76. The lowest BCUT2D eigenvalue weighted by Gasteiger charge is -2.24. The zero-order chi connectivity index (χ0) is 27.2. The Morgan fingerprint density at radius 2 is 1.74 bits per heavy atom. The molecule has 0 bridgehead atoms. The van der Waals surface area contributed by atoms with E-state index in [1.165, 1.54) is 17.0 Å². The van der Waals surface area contributed by atoms with Crippen LogP contribution in [0.4, 0.5) is 14.9 Å². The molecule has 1 heterocycles. The second-order valence-corrected chi connectivity index (χ2v) is 9.54. The molecule has 1 aliphatic heterocycles. The van der Waals surface area contributed by atoms with Crippen LogP contribution >= 0.6 is 0 Å². The molecule has 9 heteroatoms. The number of carbonyl (C=O) groups is 3. The van der Waals surface area contributed by atoms with Gasteiger partial charge in [-0.1, -0.05) is 42.0 Å². The average molecular weight is 519 g/mol. The molecule has 2 N–H and O–H groups in total. The standard InChI is InChI=1S/C29H31FN4O4/c1-19-7-11-21(12-8-19)27(35)32-24-6-4-5-22(17-24)26-25(28(36)31-15-16-33(2)3)34(29(37)38-26)18-20-9-13-23(30)14-10-20/h4-14,17,25-26H,15-16,18H2,1-3H3,(H,31,36)(H,32,35)/t25-,26+/m0/s1. The van der Waals surface area contributed by atoms with Gasteiger partial charge in [0.1, 0.15) is 5.82 Å². The number of halogens is 1. The third-order valence-corrected chi connectivity index (χ3v) is 6.26. The first-order chi connectivity index (χ1) is 18.2. The summed E-state index contributed by atoms with van der Waals surface area (Å²) in [4.78, 5) is 42.3. The maximum atomic E-state index is 13.4. The molecule has 0 unspecified atom stereocenters. The van der Waals surface area contributed by atoms with Crippen molar-refractivity contribution in [1.82, 2.24) is 15.1 Å². The van der Waals surface area contributed by atoms with Crippen LogP contribution in [-0.2, 0) is 16.1 Å². The van der Waals surface area contributed by atoms with E-state index >= 15 is 0 Å². The Hall–Kier alpha value is -4.24. The van der Waals surface area contributed by atoms with Gasteiger partial charge in [-0.3, -0.25) is 14.5 Å². The van der Waals surface area contributed by atoms with Crippen LogP contribution in [0.5, 0.6) is 0 Å². The van der Waals surface area contributed by atoms with Crippen molar-refractivity contribution in [3.05, 3.63) is 101 Å². The molecule has 1 fully saturated rings. The number of likely N-dealkylation sites (N-methyl/N-ethyl adjacent to an activating group) is 1. The Bertz CT molecular complexity index is 1290. The number of cyclic esters (lactones) is 1.